The molecule has 4 heteroatoms. The Morgan fingerprint density at radius 3 is 2.50 bits per heavy atom. The maximum Gasteiger partial charge on any atom is 0.191 e. The Balaban J connectivity index is 0.00000106. The standard InChI is InChI=1S/C10H19N3O.C2H6/c1-4-8(14)9(7(2)3)13-10-11-5-6-12-10;1-2/h7,9H,4-6H2,1-3H3,(H2,11,12,13);1-2H3. The van der Waals surface area contributed by atoms with Crippen molar-refractivity contribution in [3.63, 3.8) is 0 Å². The van der Waals surface area contributed by atoms with Crippen LogP contribution in [0.3, 0.4) is 0 Å². The molecular formula is C12H25N3O. The number of guanidine groups is 1. The normalized spacial score (nSPS) is 15.8. The van der Waals surface area contributed by atoms with E-state index in [4.69, 9.17) is 0 Å². The third kappa shape index (κ3) is 4.64. The second-order valence-electron chi connectivity index (χ2n) is 3.84. The van der Waals surface area contributed by atoms with Gasteiger partial charge in [0, 0.05) is 13.0 Å². The van der Waals surface area contributed by atoms with Crippen LogP contribution in [-0.4, -0.2) is 30.9 Å². The summed E-state index contributed by atoms with van der Waals surface area (Å²) in [5, 5.41) is 6.26. The molecule has 1 atom stereocenters. The largest absolute Gasteiger partial charge is 0.355 e. The molecular weight excluding hydrogens is 202 g/mol. The van der Waals surface area contributed by atoms with Crippen molar-refractivity contribution in [2.45, 2.75) is 47.1 Å². The first-order valence-electron chi connectivity index (χ1n) is 6.22. The molecule has 0 radical (unpaired) electrons. The van der Waals surface area contributed by atoms with Gasteiger partial charge in [0.15, 0.2) is 11.7 Å². The number of ketones is 1. The fraction of sp³-hybridized carbons (Fsp3) is 0.833. The van der Waals surface area contributed by atoms with Crippen LogP contribution < -0.4 is 10.6 Å². The highest BCUT2D eigenvalue weighted by Gasteiger charge is 2.22. The Labute approximate surface area is 98.9 Å². The number of hydrogen-bond donors (Lipinski definition) is 2. The van der Waals surface area contributed by atoms with Gasteiger partial charge in [0.05, 0.1) is 12.6 Å². The minimum absolute atomic E-state index is 0.107. The zero-order valence-corrected chi connectivity index (χ0v) is 11.1. The maximum absolute atomic E-state index is 11.6. The molecule has 0 saturated carbocycles. The minimum Gasteiger partial charge on any atom is -0.355 e. The molecule has 0 aromatic carbocycles. The van der Waals surface area contributed by atoms with Crippen LogP contribution >= 0.6 is 0 Å². The third-order valence-electron chi connectivity index (χ3n) is 2.33. The fourth-order valence-electron chi connectivity index (χ4n) is 1.48. The maximum atomic E-state index is 11.6. The van der Waals surface area contributed by atoms with Gasteiger partial charge >= 0.3 is 0 Å². The highest BCUT2D eigenvalue weighted by Crippen LogP contribution is 2.05. The zero-order valence-electron chi connectivity index (χ0n) is 11.1. The number of carbonyl (C=O) groups excluding carboxylic acids is 1. The van der Waals surface area contributed by atoms with Gasteiger partial charge in [0.2, 0.25) is 0 Å². The van der Waals surface area contributed by atoms with Crippen LogP contribution in [-0.2, 0) is 4.79 Å². The van der Waals surface area contributed by atoms with E-state index in [1.807, 2.05) is 34.6 Å². The highest BCUT2D eigenvalue weighted by molar-refractivity contribution is 5.90. The van der Waals surface area contributed by atoms with Gasteiger partial charge in [0.25, 0.3) is 0 Å². The van der Waals surface area contributed by atoms with Crippen molar-refractivity contribution >= 4 is 11.7 Å². The second-order valence-corrected chi connectivity index (χ2v) is 3.84. The lowest BCUT2D eigenvalue weighted by atomic mass is 9.98. The Hall–Kier alpha value is -1.06. The summed E-state index contributed by atoms with van der Waals surface area (Å²) in [5.74, 6) is 1.31. The van der Waals surface area contributed by atoms with Gasteiger partial charge in [-0.1, -0.05) is 34.6 Å². The summed E-state index contributed by atoms with van der Waals surface area (Å²) in [4.78, 5) is 15.8. The van der Waals surface area contributed by atoms with Gasteiger partial charge in [-0.25, -0.2) is 0 Å². The van der Waals surface area contributed by atoms with E-state index in [2.05, 4.69) is 15.6 Å². The number of nitrogens with one attached hydrogen (secondary N) is 2. The average molecular weight is 227 g/mol. The van der Waals surface area contributed by atoms with Crippen LogP contribution in [0.1, 0.15) is 41.0 Å². The predicted molar refractivity (Wildman–Crippen MR) is 68.7 cm³/mol. The van der Waals surface area contributed by atoms with Crippen LogP contribution in [0.25, 0.3) is 0 Å². The molecule has 0 aliphatic carbocycles. The topological polar surface area (TPSA) is 53.5 Å². The van der Waals surface area contributed by atoms with Crippen LogP contribution in [0.15, 0.2) is 4.99 Å². The Morgan fingerprint density at radius 1 is 1.50 bits per heavy atom. The Morgan fingerprint density at radius 2 is 2.12 bits per heavy atom. The second kappa shape index (κ2) is 8.13. The first-order valence-corrected chi connectivity index (χ1v) is 6.22. The molecule has 0 amide bonds. The van der Waals surface area contributed by atoms with Crippen LogP contribution in [0.4, 0.5) is 0 Å². The van der Waals surface area contributed by atoms with Crippen LogP contribution in [0.2, 0.25) is 0 Å². The summed E-state index contributed by atoms with van der Waals surface area (Å²) in [7, 11) is 0. The molecule has 2 N–H and O–H groups in total. The van der Waals surface area contributed by atoms with Gasteiger partial charge in [-0.3, -0.25) is 9.79 Å². The van der Waals surface area contributed by atoms with E-state index in [1.165, 1.54) is 0 Å². The smallest absolute Gasteiger partial charge is 0.191 e. The number of Topliss-reactive ketones (excluding diaryl/α,β-unsaturated/α-hetero) is 1. The number of nitrogens with zero attached hydrogens (tertiary/aromatic N) is 1. The van der Waals surface area contributed by atoms with E-state index in [0.717, 1.165) is 19.0 Å². The van der Waals surface area contributed by atoms with E-state index in [-0.39, 0.29) is 11.8 Å². The molecule has 1 heterocycles. The molecule has 0 spiro atoms. The summed E-state index contributed by atoms with van der Waals surface area (Å²) >= 11 is 0. The first-order chi connectivity index (χ1) is 7.65. The molecule has 1 aliphatic heterocycles. The predicted octanol–water partition coefficient (Wildman–Crippen LogP) is 1.57. The monoisotopic (exact) mass is 227 g/mol. The molecule has 0 saturated heterocycles. The summed E-state index contributed by atoms with van der Waals surface area (Å²) in [6.45, 7) is 11.6. The van der Waals surface area contributed by atoms with Gasteiger partial charge in [0.1, 0.15) is 0 Å². The van der Waals surface area contributed by atoms with Crippen molar-refractivity contribution in [2.24, 2.45) is 10.9 Å². The quantitative estimate of drug-likeness (QED) is 0.766. The van der Waals surface area contributed by atoms with Crippen LogP contribution in [0, 0.1) is 5.92 Å². The molecule has 4 nitrogen and oxygen atoms in total. The molecule has 16 heavy (non-hydrogen) atoms. The van der Waals surface area contributed by atoms with Crippen molar-refractivity contribution in [3.05, 3.63) is 0 Å². The summed E-state index contributed by atoms with van der Waals surface area (Å²) in [5.41, 5.74) is 0. The average Bonchev–Trinajstić information content (AvgIpc) is 2.80. The van der Waals surface area contributed by atoms with E-state index in [0.29, 0.717) is 12.3 Å². The lowest BCUT2D eigenvalue weighted by Gasteiger charge is -2.21. The molecule has 1 unspecified atom stereocenters. The van der Waals surface area contributed by atoms with Gasteiger partial charge in [-0.2, -0.15) is 0 Å². The summed E-state index contributed by atoms with van der Waals surface area (Å²) in [6.07, 6.45) is 0.573. The number of carbonyl (C=O) groups is 1. The van der Waals surface area contributed by atoms with Crippen LogP contribution in [0.5, 0.6) is 0 Å². The summed E-state index contributed by atoms with van der Waals surface area (Å²) < 4.78 is 0. The van der Waals surface area contributed by atoms with Gasteiger partial charge in [-0.15, -0.1) is 0 Å². The van der Waals surface area contributed by atoms with Crippen molar-refractivity contribution in [1.82, 2.24) is 10.6 Å². The Kier molecular flexibility index (Phi) is 7.60. The molecule has 1 rings (SSSR count). The molecule has 1 aliphatic rings. The van der Waals surface area contributed by atoms with E-state index in [1.54, 1.807) is 0 Å². The SMILES string of the molecule is CC.CCC(=O)C(NC1=NCCN1)C(C)C. The van der Waals surface area contributed by atoms with Crippen molar-refractivity contribution in [1.29, 1.82) is 0 Å². The molecule has 0 bridgehead atoms. The molecule has 0 aromatic heterocycles. The number of rotatable bonds is 4. The van der Waals surface area contributed by atoms with Gasteiger partial charge < -0.3 is 10.6 Å². The van der Waals surface area contributed by atoms with Gasteiger partial charge in [-0.05, 0) is 5.92 Å². The lowest BCUT2D eigenvalue weighted by Crippen LogP contribution is -2.47. The molecule has 0 fully saturated rings. The highest BCUT2D eigenvalue weighted by atomic mass is 16.1. The minimum atomic E-state index is -0.107. The fourth-order valence-corrected chi connectivity index (χ4v) is 1.48. The lowest BCUT2D eigenvalue weighted by molar-refractivity contribution is -0.121. The van der Waals surface area contributed by atoms with E-state index >= 15 is 0 Å². The van der Waals surface area contributed by atoms with E-state index < -0.39 is 0 Å². The first kappa shape index (κ1) is 14.9. The summed E-state index contributed by atoms with van der Waals surface area (Å²) in [6, 6.07) is -0.107. The molecule has 0 aromatic rings. The number of hydrogen-bond acceptors (Lipinski definition) is 4. The van der Waals surface area contributed by atoms with E-state index in [9.17, 15) is 4.79 Å². The Bertz CT molecular complexity index is 236. The number of aliphatic imine (C=N–C) groups is 1. The third-order valence-corrected chi connectivity index (χ3v) is 2.33. The van der Waals surface area contributed by atoms with Crippen molar-refractivity contribution in [2.75, 3.05) is 13.1 Å². The van der Waals surface area contributed by atoms with Crippen molar-refractivity contribution < 1.29 is 4.79 Å². The van der Waals surface area contributed by atoms with Crippen molar-refractivity contribution in [3.8, 4) is 0 Å². The molecule has 94 valence electrons. The zero-order chi connectivity index (χ0) is 12.6.